The van der Waals surface area contributed by atoms with Crippen molar-refractivity contribution in [2.24, 2.45) is 0 Å². The number of carbonyl (C=O) groups is 2. The second kappa shape index (κ2) is 6.81. The summed E-state index contributed by atoms with van der Waals surface area (Å²) in [6.07, 6.45) is 1.13. The van der Waals surface area contributed by atoms with Crippen LogP contribution in [-0.2, 0) is 32.5 Å². The minimum Gasteiger partial charge on any atom is -0.467 e. The van der Waals surface area contributed by atoms with Crippen LogP contribution in [0.25, 0.3) is 0 Å². The van der Waals surface area contributed by atoms with Crippen molar-refractivity contribution in [1.82, 2.24) is 10.2 Å². The molecule has 0 spiro atoms. The Balaban J connectivity index is 1.78. The monoisotopic (exact) mass is 388 g/mol. The van der Waals surface area contributed by atoms with Crippen molar-refractivity contribution in [3.8, 4) is 5.75 Å². The molecule has 2 aliphatic heterocycles. The third kappa shape index (κ3) is 4.05. The van der Waals surface area contributed by atoms with Gasteiger partial charge in [-0.1, -0.05) is 11.6 Å². The summed E-state index contributed by atoms with van der Waals surface area (Å²) >= 11 is 6.09. The van der Waals surface area contributed by atoms with E-state index in [-0.39, 0.29) is 25.5 Å². The SMILES string of the molecule is CS(=O)(=O)CCC1NC(=O)N(Cc2cc(Cl)cc3c2OCOC3)C1=O. The van der Waals surface area contributed by atoms with E-state index in [0.29, 0.717) is 22.9 Å². The Labute approximate surface area is 149 Å². The van der Waals surface area contributed by atoms with Gasteiger partial charge < -0.3 is 14.8 Å². The summed E-state index contributed by atoms with van der Waals surface area (Å²) in [7, 11) is -3.22. The molecule has 1 aromatic carbocycles. The first-order valence-electron chi connectivity index (χ1n) is 7.56. The fourth-order valence-electron chi connectivity index (χ4n) is 2.80. The molecule has 1 aromatic rings. The highest BCUT2D eigenvalue weighted by Crippen LogP contribution is 2.33. The molecule has 1 saturated heterocycles. The maximum Gasteiger partial charge on any atom is 0.325 e. The van der Waals surface area contributed by atoms with E-state index in [2.05, 4.69) is 5.32 Å². The second-order valence-electron chi connectivity index (χ2n) is 6.01. The van der Waals surface area contributed by atoms with Crippen molar-refractivity contribution < 1.29 is 27.5 Å². The maximum absolute atomic E-state index is 12.4. The molecule has 0 radical (unpaired) electrons. The largest absolute Gasteiger partial charge is 0.467 e. The van der Waals surface area contributed by atoms with Crippen LogP contribution in [0, 0.1) is 0 Å². The Hall–Kier alpha value is -1.84. The lowest BCUT2D eigenvalue weighted by molar-refractivity contribution is -0.127. The lowest BCUT2D eigenvalue weighted by Crippen LogP contribution is -2.32. The number of fused-ring (bicyclic) bond motifs is 1. The first-order chi connectivity index (χ1) is 11.7. The van der Waals surface area contributed by atoms with Crippen LogP contribution < -0.4 is 10.1 Å². The normalized spacial score (nSPS) is 20.2. The Morgan fingerprint density at radius 1 is 1.36 bits per heavy atom. The van der Waals surface area contributed by atoms with Gasteiger partial charge in [0.25, 0.3) is 5.91 Å². The number of hydrogen-bond acceptors (Lipinski definition) is 6. The van der Waals surface area contributed by atoms with Crippen molar-refractivity contribution in [2.45, 2.75) is 25.6 Å². The topological polar surface area (TPSA) is 102 Å². The van der Waals surface area contributed by atoms with Gasteiger partial charge >= 0.3 is 6.03 Å². The third-order valence-corrected chi connectivity index (χ3v) is 5.16. The molecule has 136 valence electrons. The van der Waals surface area contributed by atoms with E-state index in [1.165, 1.54) is 0 Å². The number of halogens is 1. The highest BCUT2D eigenvalue weighted by Gasteiger charge is 2.38. The predicted molar refractivity (Wildman–Crippen MR) is 88.9 cm³/mol. The van der Waals surface area contributed by atoms with Gasteiger partial charge in [0.05, 0.1) is 18.9 Å². The van der Waals surface area contributed by atoms with Gasteiger partial charge in [0, 0.05) is 22.4 Å². The number of ether oxygens (including phenoxy) is 2. The molecular weight excluding hydrogens is 372 g/mol. The van der Waals surface area contributed by atoms with E-state index in [1.54, 1.807) is 12.1 Å². The lowest BCUT2D eigenvalue weighted by Gasteiger charge is -2.23. The molecule has 0 bridgehead atoms. The Bertz CT molecular complexity index is 826. The van der Waals surface area contributed by atoms with Gasteiger partial charge in [-0.25, -0.2) is 13.2 Å². The minimum absolute atomic E-state index is 0.0110. The summed E-state index contributed by atoms with van der Waals surface area (Å²) in [5.74, 6) is -0.0878. The Kier molecular flexibility index (Phi) is 4.90. The molecule has 0 aromatic heterocycles. The molecule has 25 heavy (non-hydrogen) atoms. The van der Waals surface area contributed by atoms with Gasteiger partial charge in [-0.3, -0.25) is 9.69 Å². The second-order valence-corrected chi connectivity index (χ2v) is 8.71. The van der Waals surface area contributed by atoms with Gasteiger partial charge in [-0.05, 0) is 18.6 Å². The summed E-state index contributed by atoms with van der Waals surface area (Å²) < 4.78 is 33.2. The molecule has 1 unspecified atom stereocenters. The molecule has 1 atom stereocenters. The number of nitrogens with zero attached hydrogens (tertiary/aromatic N) is 1. The summed E-state index contributed by atoms with van der Waals surface area (Å²) in [4.78, 5) is 25.6. The predicted octanol–water partition coefficient (Wildman–Crippen LogP) is 1.06. The van der Waals surface area contributed by atoms with Gasteiger partial charge in [-0.2, -0.15) is 0 Å². The van der Waals surface area contributed by atoms with Crippen LogP contribution in [0.2, 0.25) is 5.02 Å². The molecular formula is C15H17ClN2O6S. The number of sulfone groups is 1. The number of urea groups is 1. The first kappa shape index (κ1) is 18.0. The number of rotatable bonds is 5. The summed E-state index contributed by atoms with van der Waals surface area (Å²) in [6, 6.07) is 1.93. The van der Waals surface area contributed by atoms with Gasteiger partial charge in [0.15, 0.2) is 6.79 Å². The average Bonchev–Trinajstić information content (AvgIpc) is 2.79. The van der Waals surface area contributed by atoms with Crippen LogP contribution in [0.1, 0.15) is 17.5 Å². The van der Waals surface area contributed by atoms with E-state index < -0.39 is 27.8 Å². The van der Waals surface area contributed by atoms with Crippen LogP contribution in [0.3, 0.4) is 0 Å². The van der Waals surface area contributed by atoms with Crippen molar-refractivity contribution in [3.05, 3.63) is 28.3 Å². The fraction of sp³-hybridized carbons (Fsp3) is 0.467. The summed E-state index contributed by atoms with van der Waals surface area (Å²) in [5, 5.41) is 2.96. The standard InChI is InChI=1S/C15H17ClN2O6S/c1-25(21,22)3-2-12-14(19)18(15(20)17-12)6-9-4-11(16)5-10-7-23-8-24-13(9)10/h4-5,12H,2-3,6-8H2,1H3,(H,17,20). The Morgan fingerprint density at radius 2 is 2.12 bits per heavy atom. The summed E-state index contributed by atoms with van der Waals surface area (Å²) in [5.41, 5.74) is 1.34. The van der Waals surface area contributed by atoms with E-state index in [0.717, 1.165) is 16.7 Å². The molecule has 3 rings (SSSR count). The molecule has 0 aliphatic carbocycles. The number of amides is 3. The zero-order valence-corrected chi connectivity index (χ0v) is 15.0. The van der Waals surface area contributed by atoms with Crippen LogP contribution in [0.15, 0.2) is 12.1 Å². The molecule has 3 amide bonds. The van der Waals surface area contributed by atoms with Crippen LogP contribution in [0.4, 0.5) is 4.79 Å². The molecule has 10 heteroatoms. The number of hydrogen-bond donors (Lipinski definition) is 1. The summed E-state index contributed by atoms with van der Waals surface area (Å²) in [6.45, 7) is 0.404. The molecule has 2 aliphatic rings. The van der Waals surface area contributed by atoms with Crippen LogP contribution >= 0.6 is 11.6 Å². The Morgan fingerprint density at radius 3 is 2.84 bits per heavy atom. The first-order valence-corrected chi connectivity index (χ1v) is 10.00. The van der Waals surface area contributed by atoms with Crippen molar-refractivity contribution >= 4 is 33.4 Å². The zero-order valence-electron chi connectivity index (χ0n) is 13.5. The van der Waals surface area contributed by atoms with Crippen LogP contribution in [-0.4, -0.2) is 50.1 Å². The van der Waals surface area contributed by atoms with E-state index in [4.69, 9.17) is 21.1 Å². The number of carbonyl (C=O) groups excluding carboxylic acids is 2. The van der Waals surface area contributed by atoms with E-state index >= 15 is 0 Å². The molecule has 2 heterocycles. The quantitative estimate of drug-likeness (QED) is 0.757. The zero-order chi connectivity index (χ0) is 18.2. The van der Waals surface area contributed by atoms with Gasteiger partial charge in [0.1, 0.15) is 21.6 Å². The van der Waals surface area contributed by atoms with E-state index in [1.807, 2.05) is 0 Å². The van der Waals surface area contributed by atoms with Crippen molar-refractivity contribution in [3.63, 3.8) is 0 Å². The maximum atomic E-state index is 12.4. The molecule has 1 N–H and O–H groups in total. The van der Waals surface area contributed by atoms with Crippen LogP contribution in [0.5, 0.6) is 5.75 Å². The molecule has 0 saturated carbocycles. The highest BCUT2D eigenvalue weighted by molar-refractivity contribution is 7.90. The minimum atomic E-state index is -3.22. The van der Waals surface area contributed by atoms with Crippen molar-refractivity contribution in [2.75, 3.05) is 18.8 Å². The lowest BCUT2D eigenvalue weighted by atomic mass is 10.1. The number of imide groups is 1. The number of nitrogens with one attached hydrogen (secondary N) is 1. The highest BCUT2D eigenvalue weighted by atomic mass is 35.5. The number of benzene rings is 1. The molecule has 8 nitrogen and oxygen atoms in total. The van der Waals surface area contributed by atoms with Crippen molar-refractivity contribution in [1.29, 1.82) is 0 Å². The smallest absolute Gasteiger partial charge is 0.325 e. The fourth-order valence-corrected chi connectivity index (χ4v) is 3.73. The average molecular weight is 389 g/mol. The van der Waals surface area contributed by atoms with Gasteiger partial charge in [0.2, 0.25) is 0 Å². The van der Waals surface area contributed by atoms with Gasteiger partial charge in [-0.15, -0.1) is 0 Å². The van der Waals surface area contributed by atoms with E-state index in [9.17, 15) is 18.0 Å². The molecule has 1 fully saturated rings. The third-order valence-electron chi connectivity index (χ3n) is 3.96.